The summed E-state index contributed by atoms with van der Waals surface area (Å²) in [6.45, 7) is 2.58. The summed E-state index contributed by atoms with van der Waals surface area (Å²) in [5, 5.41) is 3.35. The molecule has 1 heterocycles. The van der Waals surface area contributed by atoms with Crippen LogP contribution in [0.2, 0.25) is 0 Å². The highest BCUT2D eigenvalue weighted by molar-refractivity contribution is 7.17. The first kappa shape index (κ1) is 8.69. The minimum atomic E-state index is 0.489. The minimum Gasteiger partial charge on any atom is -0.300 e. The molecule has 0 aliphatic rings. The number of nitrogens with two attached hydrogens (primary N) is 1. The lowest BCUT2D eigenvalue weighted by atomic mass is 10.1. The summed E-state index contributed by atoms with van der Waals surface area (Å²) >= 11 is 1.73. The third kappa shape index (κ3) is 1.58. The van der Waals surface area contributed by atoms with E-state index in [4.69, 9.17) is 5.90 Å². The van der Waals surface area contributed by atoms with Crippen LogP contribution in [0.5, 0.6) is 0 Å². The fourth-order valence-electron chi connectivity index (χ4n) is 1.39. The summed E-state index contributed by atoms with van der Waals surface area (Å²) in [6.07, 6.45) is 0. The number of aryl methyl sites for hydroxylation is 1. The van der Waals surface area contributed by atoms with Crippen LogP contribution in [0.1, 0.15) is 11.1 Å². The summed E-state index contributed by atoms with van der Waals surface area (Å²) in [5.41, 5.74) is 2.46. The predicted molar refractivity (Wildman–Crippen MR) is 55.5 cm³/mol. The molecule has 0 spiro atoms. The van der Waals surface area contributed by atoms with Gasteiger partial charge in [-0.05, 0) is 34.9 Å². The Morgan fingerprint density at radius 1 is 1.46 bits per heavy atom. The zero-order valence-electron chi connectivity index (χ0n) is 7.41. The van der Waals surface area contributed by atoms with Crippen molar-refractivity contribution >= 4 is 21.4 Å². The minimum absolute atomic E-state index is 0.489. The predicted octanol–water partition coefficient (Wildman–Crippen LogP) is 2.60. The van der Waals surface area contributed by atoms with Crippen molar-refractivity contribution in [3.8, 4) is 0 Å². The molecule has 0 saturated heterocycles. The second-order valence-electron chi connectivity index (χ2n) is 3.07. The Bertz CT molecular complexity index is 422. The van der Waals surface area contributed by atoms with Gasteiger partial charge in [-0.15, -0.1) is 11.3 Å². The third-order valence-corrected chi connectivity index (χ3v) is 3.04. The Morgan fingerprint density at radius 3 is 3.08 bits per heavy atom. The standard InChI is InChI=1S/C10H11NOS/c1-7-2-3-9-8(5-12-11)6-13-10(9)4-7/h2-4,6H,5,11H2,1H3. The van der Waals surface area contributed by atoms with Gasteiger partial charge >= 0.3 is 0 Å². The highest BCUT2D eigenvalue weighted by Gasteiger charge is 2.02. The fourth-order valence-corrected chi connectivity index (χ4v) is 2.44. The Morgan fingerprint density at radius 2 is 2.31 bits per heavy atom. The second-order valence-corrected chi connectivity index (χ2v) is 3.98. The van der Waals surface area contributed by atoms with Gasteiger partial charge in [-0.3, -0.25) is 4.84 Å². The molecule has 2 nitrogen and oxygen atoms in total. The van der Waals surface area contributed by atoms with Gasteiger partial charge in [-0.2, -0.15) is 0 Å². The zero-order valence-corrected chi connectivity index (χ0v) is 8.23. The topological polar surface area (TPSA) is 35.2 Å². The first-order valence-electron chi connectivity index (χ1n) is 4.09. The van der Waals surface area contributed by atoms with Crippen LogP contribution in [0.25, 0.3) is 10.1 Å². The molecule has 0 fully saturated rings. The van der Waals surface area contributed by atoms with Gasteiger partial charge in [-0.25, -0.2) is 5.90 Å². The summed E-state index contributed by atoms with van der Waals surface area (Å²) in [4.78, 5) is 4.63. The van der Waals surface area contributed by atoms with Crippen LogP contribution >= 0.6 is 11.3 Å². The molecule has 0 aliphatic heterocycles. The molecular weight excluding hydrogens is 182 g/mol. The molecule has 2 rings (SSSR count). The van der Waals surface area contributed by atoms with E-state index in [1.807, 2.05) is 0 Å². The van der Waals surface area contributed by atoms with Crippen molar-refractivity contribution in [2.45, 2.75) is 13.5 Å². The maximum Gasteiger partial charge on any atom is 0.0944 e. The number of benzene rings is 1. The number of fused-ring (bicyclic) bond motifs is 1. The van der Waals surface area contributed by atoms with Gasteiger partial charge < -0.3 is 0 Å². The van der Waals surface area contributed by atoms with Gasteiger partial charge in [-0.1, -0.05) is 12.1 Å². The van der Waals surface area contributed by atoms with Crippen molar-refractivity contribution in [3.63, 3.8) is 0 Å². The lowest BCUT2D eigenvalue weighted by Gasteiger charge is -1.97. The molecule has 1 aromatic heterocycles. The number of hydrogen-bond acceptors (Lipinski definition) is 3. The molecule has 13 heavy (non-hydrogen) atoms. The maximum atomic E-state index is 5.05. The van der Waals surface area contributed by atoms with E-state index >= 15 is 0 Å². The monoisotopic (exact) mass is 193 g/mol. The van der Waals surface area contributed by atoms with Crippen molar-refractivity contribution in [2.24, 2.45) is 5.90 Å². The van der Waals surface area contributed by atoms with Gasteiger partial charge in [0.05, 0.1) is 6.61 Å². The first-order valence-corrected chi connectivity index (χ1v) is 4.97. The average molecular weight is 193 g/mol. The highest BCUT2D eigenvalue weighted by Crippen LogP contribution is 2.26. The quantitative estimate of drug-likeness (QED) is 0.744. The molecule has 0 bridgehead atoms. The van der Waals surface area contributed by atoms with Crippen LogP contribution < -0.4 is 5.90 Å². The van der Waals surface area contributed by atoms with E-state index in [-0.39, 0.29) is 0 Å². The number of thiophene rings is 1. The van der Waals surface area contributed by atoms with Crippen molar-refractivity contribution in [3.05, 3.63) is 34.7 Å². The zero-order chi connectivity index (χ0) is 9.26. The van der Waals surface area contributed by atoms with Gasteiger partial charge in [0, 0.05) is 4.70 Å². The number of hydrogen-bond donors (Lipinski definition) is 1. The van der Waals surface area contributed by atoms with Crippen LogP contribution in [0.4, 0.5) is 0 Å². The molecule has 3 heteroatoms. The molecule has 2 N–H and O–H groups in total. The summed E-state index contributed by atoms with van der Waals surface area (Å²) < 4.78 is 1.30. The maximum absolute atomic E-state index is 5.05. The molecule has 2 aromatic rings. The van der Waals surface area contributed by atoms with E-state index in [1.165, 1.54) is 21.2 Å². The molecule has 0 amide bonds. The van der Waals surface area contributed by atoms with Crippen molar-refractivity contribution in [2.75, 3.05) is 0 Å². The Hall–Kier alpha value is -0.900. The van der Waals surface area contributed by atoms with Crippen LogP contribution in [0, 0.1) is 6.92 Å². The van der Waals surface area contributed by atoms with Crippen molar-refractivity contribution in [1.29, 1.82) is 0 Å². The van der Waals surface area contributed by atoms with E-state index in [0.29, 0.717) is 6.61 Å². The Labute approximate surface area is 80.9 Å². The fraction of sp³-hybridized carbons (Fsp3) is 0.200. The first-order chi connectivity index (χ1) is 6.31. The molecule has 0 saturated carbocycles. The molecule has 0 unspecified atom stereocenters. The van der Waals surface area contributed by atoms with E-state index in [9.17, 15) is 0 Å². The molecule has 0 atom stereocenters. The molecule has 0 radical (unpaired) electrons. The van der Waals surface area contributed by atoms with Crippen LogP contribution in [0.15, 0.2) is 23.6 Å². The van der Waals surface area contributed by atoms with Gasteiger partial charge in [0.15, 0.2) is 0 Å². The largest absolute Gasteiger partial charge is 0.300 e. The number of rotatable bonds is 2. The van der Waals surface area contributed by atoms with Gasteiger partial charge in [0.2, 0.25) is 0 Å². The average Bonchev–Trinajstić information content (AvgIpc) is 2.49. The Kier molecular flexibility index (Phi) is 2.31. The molecule has 0 aliphatic carbocycles. The molecule has 68 valence electrons. The van der Waals surface area contributed by atoms with E-state index in [2.05, 4.69) is 35.3 Å². The van der Waals surface area contributed by atoms with Gasteiger partial charge in [0.25, 0.3) is 0 Å². The van der Waals surface area contributed by atoms with Gasteiger partial charge in [0.1, 0.15) is 0 Å². The normalized spacial score (nSPS) is 10.9. The Balaban J connectivity index is 2.55. The van der Waals surface area contributed by atoms with E-state index in [1.54, 1.807) is 11.3 Å². The van der Waals surface area contributed by atoms with E-state index in [0.717, 1.165) is 0 Å². The summed E-state index contributed by atoms with van der Waals surface area (Å²) in [5.74, 6) is 5.05. The molecular formula is C10H11NOS. The summed E-state index contributed by atoms with van der Waals surface area (Å²) in [6, 6.07) is 6.41. The summed E-state index contributed by atoms with van der Waals surface area (Å²) in [7, 11) is 0. The lowest BCUT2D eigenvalue weighted by molar-refractivity contribution is 0.125. The highest BCUT2D eigenvalue weighted by atomic mass is 32.1. The van der Waals surface area contributed by atoms with Crippen LogP contribution in [0.3, 0.4) is 0 Å². The van der Waals surface area contributed by atoms with E-state index < -0.39 is 0 Å². The van der Waals surface area contributed by atoms with Crippen LogP contribution in [-0.2, 0) is 11.4 Å². The smallest absolute Gasteiger partial charge is 0.0944 e. The second kappa shape index (κ2) is 3.46. The SMILES string of the molecule is Cc1ccc2c(CON)csc2c1. The van der Waals surface area contributed by atoms with Crippen molar-refractivity contribution < 1.29 is 4.84 Å². The third-order valence-electron chi connectivity index (χ3n) is 2.05. The van der Waals surface area contributed by atoms with Crippen LogP contribution in [-0.4, -0.2) is 0 Å². The molecule has 1 aromatic carbocycles. The lowest BCUT2D eigenvalue weighted by Crippen LogP contribution is -1.97. The van der Waals surface area contributed by atoms with Crippen molar-refractivity contribution in [1.82, 2.24) is 0 Å².